The Kier molecular flexibility index (Phi) is 7.53. The van der Waals surface area contributed by atoms with E-state index in [0.29, 0.717) is 5.92 Å². The number of allylic oxidation sites excluding steroid dienone is 1. The highest BCUT2D eigenvalue weighted by molar-refractivity contribution is 5.52. The highest BCUT2D eigenvalue weighted by atomic mass is 15.2. The molecule has 3 rings (SSSR count). The molecule has 0 aliphatic heterocycles. The lowest BCUT2D eigenvalue weighted by atomic mass is 9.93. The van der Waals surface area contributed by atoms with Gasteiger partial charge >= 0.3 is 0 Å². The molecular weight excluding hydrogens is 346 g/mol. The van der Waals surface area contributed by atoms with Gasteiger partial charge in [0.05, 0.1) is 11.4 Å². The number of rotatable bonds is 11. The van der Waals surface area contributed by atoms with Crippen LogP contribution < -0.4 is 11.3 Å². The topological polar surface area (TPSA) is 79.6 Å². The van der Waals surface area contributed by atoms with Gasteiger partial charge in [-0.3, -0.25) is 21.4 Å². The average molecular weight is 376 g/mol. The maximum atomic E-state index is 5.36. The first kappa shape index (κ1) is 20.0. The molecule has 146 valence electrons. The molecule has 0 bridgehead atoms. The number of nitrogens with one attached hydrogen (secondary N) is 2. The fourth-order valence-corrected chi connectivity index (χ4v) is 3.40. The van der Waals surface area contributed by atoms with Crippen LogP contribution in [0.3, 0.4) is 0 Å². The fraction of sp³-hybridized carbons (Fsp3) is 0.304. The number of pyridine rings is 1. The van der Waals surface area contributed by atoms with Crippen LogP contribution in [0.5, 0.6) is 0 Å². The second-order valence-corrected chi connectivity index (χ2v) is 7.14. The van der Waals surface area contributed by atoms with E-state index in [1.807, 2.05) is 18.3 Å². The van der Waals surface area contributed by atoms with Crippen LogP contribution in [0.25, 0.3) is 11.4 Å². The van der Waals surface area contributed by atoms with E-state index in [1.54, 1.807) is 6.20 Å². The van der Waals surface area contributed by atoms with Crippen molar-refractivity contribution in [3.05, 3.63) is 84.2 Å². The molecule has 0 aliphatic rings. The first-order valence-electron chi connectivity index (χ1n) is 9.87. The average Bonchev–Trinajstić information content (AvgIpc) is 3.27. The van der Waals surface area contributed by atoms with Crippen LogP contribution in [0, 0.1) is 5.92 Å². The van der Waals surface area contributed by atoms with Gasteiger partial charge in [-0.15, -0.1) is 6.58 Å². The Morgan fingerprint density at radius 3 is 2.68 bits per heavy atom. The molecule has 0 saturated carbocycles. The van der Waals surface area contributed by atoms with Crippen molar-refractivity contribution in [2.75, 3.05) is 6.54 Å². The lowest BCUT2D eigenvalue weighted by Gasteiger charge is -2.13. The molecule has 3 aromatic rings. The molecule has 0 spiro atoms. The molecule has 4 N–H and O–H groups in total. The summed E-state index contributed by atoms with van der Waals surface area (Å²) in [5.41, 5.74) is 8.56. The Bertz CT molecular complexity index is 840. The van der Waals surface area contributed by atoms with Crippen molar-refractivity contribution in [3.8, 4) is 11.4 Å². The Morgan fingerprint density at radius 2 is 1.96 bits per heavy atom. The van der Waals surface area contributed by atoms with Gasteiger partial charge in [-0.25, -0.2) is 0 Å². The number of aromatic amines is 1. The van der Waals surface area contributed by atoms with Crippen molar-refractivity contribution >= 4 is 0 Å². The van der Waals surface area contributed by atoms with E-state index in [0.717, 1.165) is 50.0 Å². The highest BCUT2D eigenvalue weighted by Crippen LogP contribution is 2.18. The molecule has 0 radical (unpaired) electrons. The van der Waals surface area contributed by atoms with Crippen LogP contribution in [0.4, 0.5) is 0 Å². The summed E-state index contributed by atoms with van der Waals surface area (Å²) in [7, 11) is 0. The minimum Gasteiger partial charge on any atom is -0.276 e. The second kappa shape index (κ2) is 10.5. The second-order valence-electron chi connectivity index (χ2n) is 7.14. The van der Waals surface area contributed by atoms with Gasteiger partial charge < -0.3 is 0 Å². The lowest BCUT2D eigenvalue weighted by Crippen LogP contribution is -2.23. The summed E-state index contributed by atoms with van der Waals surface area (Å²) in [6, 6.07) is 15.0. The SMILES string of the molecule is C=CC(CCCNN)Cc1cccc(CCc2ccc(-c3ccn[nH]3)nc2)c1. The van der Waals surface area contributed by atoms with Crippen molar-refractivity contribution in [2.24, 2.45) is 11.8 Å². The van der Waals surface area contributed by atoms with E-state index in [4.69, 9.17) is 5.84 Å². The van der Waals surface area contributed by atoms with Crippen molar-refractivity contribution in [1.29, 1.82) is 0 Å². The molecule has 28 heavy (non-hydrogen) atoms. The fourth-order valence-electron chi connectivity index (χ4n) is 3.40. The standard InChI is InChI=1S/C23H29N5/c1-2-18(7-4-13-26-24)15-21-6-3-5-19(16-21)8-9-20-10-11-22(25-17-20)23-12-14-27-28-23/h2-3,5-6,10-12,14,16-18,26H,1,4,7-9,13,15,24H2,(H,27,28). The Hall–Kier alpha value is -2.76. The molecule has 0 fully saturated rings. The molecular formula is C23H29N5. The summed E-state index contributed by atoms with van der Waals surface area (Å²) in [4.78, 5) is 4.54. The van der Waals surface area contributed by atoms with Crippen LogP contribution in [0.1, 0.15) is 29.5 Å². The summed E-state index contributed by atoms with van der Waals surface area (Å²) in [5.74, 6) is 5.85. The Balaban J connectivity index is 1.54. The Morgan fingerprint density at radius 1 is 1.11 bits per heavy atom. The molecule has 1 unspecified atom stereocenters. The van der Waals surface area contributed by atoms with Gasteiger partial charge in [0, 0.05) is 18.9 Å². The molecule has 0 aliphatic carbocycles. The number of aromatic nitrogens is 3. The van der Waals surface area contributed by atoms with Gasteiger partial charge in [-0.1, -0.05) is 36.4 Å². The number of hydrogen-bond acceptors (Lipinski definition) is 4. The smallest absolute Gasteiger partial charge is 0.0880 e. The quantitative estimate of drug-likeness (QED) is 0.206. The largest absolute Gasteiger partial charge is 0.276 e. The number of nitrogens with zero attached hydrogens (tertiary/aromatic N) is 2. The summed E-state index contributed by atoms with van der Waals surface area (Å²) >= 11 is 0. The van der Waals surface area contributed by atoms with Crippen LogP contribution in [-0.2, 0) is 19.3 Å². The Labute approximate surface area is 167 Å². The van der Waals surface area contributed by atoms with E-state index >= 15 is 0 Å². The van der Waals surface area contributed by atoms with E-state index in [-0.39, 0.29) is 0 Å². The summed E-state index contributed by atoms with van der Waals surface area (Å²) < 4.78 is 0. The molecule has 5 heteroatoms. The number of benzene rings is 1. The van der Waals surface area contributed by atoms with Crippen molar-refractivity contribution in [1.82, 2.24) is 20.6 Å². The van der Waals surface area contributed by atoms with Gasteiger partial charge in [0.2, 0.25) is 0 Å². The van der Waals surface area contributed by atoms with Gasteiger partial charge in [0.25, 0.3) is 0 Å². The number of hydrogen-bond donors (Lipinski definition) is 3. The van der Waals surface area contributed by atoms with Crippen molar-refractivity contribution < 1.29 is 0 Å². The molecule has 2 aromatic heterocycles. The summed E-state index contributed by atoms with van der Waals surface area (Å²) in [6.07, 6.45) is 10.9. The first-order chi connectivity index (χ1) is 13.8. The first-order valence-corrected chi connectivity index (χ1v) is 9.87. The monoisotopic (exact) mass is 375 g/mol. The third-order valence-electron chi connectivity index (χ3n) is 5.02. The van der Waals surface area contributed by atoms with Crippen LogP contribution in [0.2, 0.25) is 0 Å². The number of hydrazine groups is 1. The molecule has 0 saturated heterocycles. The van der Waals surface area contributed by atoms with E-state index < -0.39 is 0 Å². The predicted molar refractivity (Wildman–Crippen MR) is 114 cm³/mol. The molecule has 0 amide bonds. The zero-order valence-corrected chi connectivity index (χ0v) is 16.3. The third-order valence-corrected chi connectivity index (χ3v) is 5.02. The lowest BCUT2D eigenvalue weighted by molar-refractivity contribution is 0.537. The minimum absolute atomic E-state index is 0.489. The van der Waals surface area contributed by atoms with Crippen LogP contribution in [-0.4, -0.2) is 21.7 Å². The third kappa shape index (κ3) is 5.87. The molecule has 1 atom stereocenters. The van der Waals surface area contributed by atoms with Gasteiger partial charge in [0.1, 0.15) is 0 Å². The summed E-state index contributed by atoms with van der Waals surface area (Å²) in [6.45, 7) is 4.84. The van der Waals surface area contributed by atoms with Crippen LogP contribution >= 0.6 is 0 Å². The zero-order chi connectivity index (χ0) is 19.6. The van der Waals surface area contributed by atoms with Crippen molar-refractivity contribution in [2.45, 2.75) is 32.1 Å². The van der Waals surface area contributed by atoms with E-state index in [2.05, 4.69) is 63.6 Å². The molecule has 5 nitrogen and oxygen atoms in total. The normalized spacial score (nSPS) is 12.0. The maximum Gasteiger partial charge on any atom is 0.0880 e. The minimum atomic E-state index is 0.489. The number of H-pyrrole nitrogens is 1. The number of aryl methyl sites for hydroxylation is 2. The van der Waals surface area contributed by atoms with E-state index in [1.165, 1.54) is 16.7 Å². The van der Waals surface area contributed by atoms with Gasteiger partial charge in [-0.2, -0.15) is 5.10 Å². The zero-order valence-electron chi connectivity index (χ0n) is 16.3. The predicted octanol–water partition coefficient (Wildman–Crippen LogP) is 3.85. The van der Waals surface area contributed by atoms with Crippen molar-refractivity contribution in [3.63, 3.8) is 0 Å². The highest BCUT2D eigenvalue weighted by Gasteiger charge is 2.07. The molecule has 2 heterocycles. The summed E-state index contributed by atoms with van der Waals surface area (Å²) in [5, 5.41) is 6.92. The molecule has 1 aromatic carbocycles. The van der Waals surface area contributed by atoms with E-state index in [9.17, 15) is 0 Å². The van der Waals surface area contributed by atoms with Crippen LogP contribution in [0.15, 0.2) is 67.5 Å². The van der Waals surface area contributed by atoms with Gasteiger partial charge in [-0.05, 0) is 66.8 Å². The maximum absolute atomic E-state index is 5.36. The van der Waals surface area contributed by atoms with Gasteiger partial charge in [0.15, 0.2) is 0 Å². The number of nitrogens with two attached hydrogens (primary N) is 1.